The van der Waals surface area contributed by atoms with E-state index in [2.05, 4.69) is 102 Å². The number of rotatable bonds is 1. The van der Waals surface area contributed by atoms with Crippen LogP contribution < -0.4 is 4.57 Å². The van der Waals surface area contributed by atoms with Crippen LogP contribution in [0.5, 0.6) is 0 Å². The minimum absolute atomic E-state index is 1.24. The van der Waals surface area contributed by atoms with Crippen molar-refractivity contribution in [2.75, 3.05) is 0 Å². The van der Waals surface area contributed by atoms with Gasteiger partial charge in [0.05, 0.1) is 22.1 Å². The lowest BCUT2D eigenvalue weighted by Gasteiger charge is -2.06. The van der Waals surface area contributed by atoms with Gasteiger partial charge in [0.15, 0.2) is 6.20 Å². The zero-order chi connectivity index (χ0) is 18.1. The second-order valence-electron chi connectivity index (χ2n) is 7.44. The standard InChI is InChI=1S/C25H19N2/c1-16-14-21-19-10-7-9-18-17-8-3-4-12-23(17)27(25(18)19)24(21)15-20(16)22-11-5-6-13-26(22)2/h3-15H,1-2H3/q+1. The molecule has 0 aliphatic heterocycles. The maximum atomic E-state index is 2.45. The topological polar surface area (TPSA) is 8.29 Å². The lowest BCUT2D eigenvalue weighted by Crippen LogP contribution is -2.30. The molecule has 0 atom stereocenters. The van der Waals surface area contributed by atoms with Gasteiger partial charge in [0.25, 0.3) is 0 Å². The zero-order valence-electron chi connectivity index (χ0n) is 15.4. The number of hydrogen-bond donors (Lipinski definition) is 0. The van der Waals surface area contributed by atoms with Crippen LogP contribution in [0.2, 0.25) is 0 Å². The molecule has 3 heterocycles. The molecule has 3 aromatic carbocycles. The Morgan fingerprint density at radius 1 is 0.704 bits per heavy atom. The fourth-order valence-corrected chi connectivity index (χ4v) is 4.66. The third-order valence-corrected chi connectivity index (χ3v) is 5.90. The van der Waals surface area contributed by atoms with E-state index in [-0.39, 0.29) is 0 Å². The van der Waals surface area contributed by atoms with Gasteiger partial charge in [0.1, 0.15) is 7.05 Å². The molecule has 0 spiro atoms. The molecule has 0 radical (unpaired) electrons. The van der Waals surface area contributed by atoms with E-state index < -0.39 is 0 Å². The first kappa shape index (κ1) is 14.7. The van der Waals surface area contributed by atoms with Crippen LogP contribution in [0.4, 0.5) is 0 Å². The summed E-state index contributed by atoms with van der Waals surface area (Å²) in [5, 5.41) is 5.34. The Bertz CT molecular complexity index is 1490. The molecule has 0 unspecified atom stereocenters. The third-order valence-electron chi connectivity index (χ3n) is 5.90. The number of fused-ring (bicyclic) bond motifs is 6. The van der Waals surface area contributed by atoms with Gasteiger partial charge in [-0.1, -0.05) is 36.4 Å². The Balaban J connectivity index is 1.86. The molecular formula is C25H19N2+. The van der Waals surface area contributed by atoms with E-state index in [0.717, 1.165) is 0 Å². The third kappa shape index (κ3) is 1.82. The maximum absolute atomic E-state index is 2.45. The van der Waals surface area contributed by atoms with Crippen LogP contribution in [0.1, 0.15) is 5.56 Å². The summed E-state index contributed by atoms with van der Waals surface area (Å²) in [6.45, 7) is 2.22. The van der Waals surface area contributed by atoms with Gasteiger partial charge in [0.2, 0.25) is 5.69 Å². The van der Waals surface area contributed by atoms with Gasteiger partial charge in [0, 0.05) is 33.7 Å². The van der Waals surface area contributed by atoms with E-state index in [9.17, 15) is 0 Å². The first-order valence-corrected chi connectivity index (χ1v) is 9.36. The number of nitrogens with zero attached hydrogens (tertiary/aromatic N) is 2. The van der Waals surface area contributed by atoms with Gasteiger partial charge in [-0.25, -0.2) is 4.57 Å². The second-order valence-corrected chi connectivity index (χ2v) is 7.44. The van der Waals surface area contributed by atoms with Gasteiger partial charge in [-0.2, -0.15) is 0 Å². The van der Waals surface area contributed by atoms with Crippen molar-refractivity contribution in [1.29, 1.82) is 0 Å². The molecule has 6 rings (SSSR count). The molecular weight excluding hydrogens is 328 g/mol. The molecule has 128 valence electrons. The van der Waals surface area contributed by atoms with Crippen LogP contribution in [0.25, 0.3) is 49.4 Å². The fourth-order valence-electron chi connectivity index (χ4n) is 4.66. The number of aromatic nitrogens is 2. The molecule has 2 heteroatoms. The summed E-state index contributed by atoms with van der Waals surface area (Å²) in [5.74, 6) is 0. The first-order chi connectivity index (χ1) is 13.2. The highest BCUT2D eigenvalue weighted by Gasteiger charge is 2.20. The van der Waals surface area contributed by atoms with E-state index in [1.165, 1.54) is 54.9 Å². The molecule has 0 saturated heterocycles. The summed E-state index contributed by atoms with van der Waals surface area (Å²) in [5.41, 5.74) is 7.74. The van der Waals surface area contributed by atoms with E-state index >= 15 is 0 Å². The SMILES string of the molecule is Cc1cc2c3cccc4c5ccccc5n(c2cc1-c1cccc[n+]1C)c43. The Morgan fingerprint density at radius 3 is 2.30 bits per heavy atom. The monoisotopic (exact) mass is 347 g/mol. The molecule has 2 nitrogen and oxygen atoms in total. The molecule has 0 saturated carbocycles. The highest BCUT2D eigenvalue weighted by molar-refractivity contribution is 6.23. The van der Waals surface area contributed by atoms with Crippen LogP contribution in [0, 0.1) is 6.92 Å². The van der Waals surface area contributed by atoms with Crippen molar-refractivity contribution in [1.82, 2.24) is 4.40 Å². The second kappa shape index (κ2) is 5.08. The first-order valence-electron chi connectivity index (χ1n) is 9.36. The van der Waals surface area contributed by atoms with Crippen LogP contribution in [0.15, 0.2) is 79.0 Å². The molecule has 0 aliphatic carbocycles. The summed E-state index contributed by atoms with van der Waals surface area (Å²) in [7, 11) is 2.11. The number of benzene rings is 3. The number of aryl methyl sites for hydroxylation is 2. The Labute approximate surface area is 157 Å². The number of para-hydroxylation sites is 2. The summed E-state index contributed by atoms with van der Waals surface area (Å²) in [6, 6.07) is 26.5. The normalized spacial score (nSPS) is 12.1. The van der Waals surface area contributed by atoms with E-state index in [0.29, 0.717) is 0 Å². The lowest BCUT2D eigenvalue weighted by molar-refractivity contribution is -0.660. The van der Waals surface area contributed by atoms with Crippen LogP contribution >= 0.6 is 0 Å². The van der Waals surface area contributed by atoms with E-state index in [1.54, 1.807) is 0 Å². The molecule has 0 amide bonds. The molecule has 0 aliphatic rings. The summed E-state index contributed by atoms with van der Waals surface area (Å²) < 4.78 is 4.64. The van der Waals surface area contributed by atoms with Crippen molar-refractivity contribution in [2.45, 2.75) is 6.92 Å². The van der Waals surface area contributed by atoms with Crippen LogP contribution in [0.3, 0.4) is 0 Å². The minimum atomic E-state index is 1.24. The van der Waals surface area contributed by atoms with Gasteiger partial charge in [-0.05, 0) is 36.8 Å². The van der Waals surface area contributed by atoms with Gasteiger partial charge < -0.3 is 4.40 Å². The van der Waals surface area contributed by atoms with Crippen molar-refractivity contribution in [3.63, 3.8) is 0 Å². The Morgan fingerprint density at radius 2 is 1.44 bits per heavy atom. The van der Waals surface area contributed by atoms with Crippen LogP contribution in [-0.4, -0.2) is 4.40 Å². The predicted molar refractivity (Wildman–Crippen MR) is 112 cm³/mol. The van der Waals surface area contributed by atoms with E-state index in [4.69, 9.17) is 0 Å². The molecule has 0 bridgehead atoms. The largest absolute Gasteiger partial charge is 0.308 e. The summed E-state index contributed by atoms with van der Waals surface area (Å²) in [4.78, 5) is 0. The quantitative estimate of drug-likeness (QED) is 0.340. The van der Waals surface area contributed by atoms with Crippen molar-refractivity contribution in [3.05, 3.63) is 84.6 Å². The van der Waals surface area contributed by atoms with Crippen molar-refractivity contribution < 1.29 is 4.57 Å². The molecule has 27 heavy (non-hydrogen) atoms. The molecule has 6 aromatic rings. The van der Waals surface area contributed by atoms with Crippen LogP contribution in [-0.2, 0) is 7.05 Å². The van der Waals surface area contributed by atoms with Gasteiger partial charge >= 0.3 is 0 Å². The summed E-state index contributed by atoms with van der Waals surface area (Å²) in [6.07, 6.45) is 2.11. The molecule has 0 fully saturated rings. The lowest BCUT2D eigenvalue weighted by atomic mass is 10.0. The van der Waals surface area contributed by atoms with Gasteiger partial charge in [-0.3, -0.25) is 0 Å². The van der Waals surface area contributed by atoms with Crippen molar-refractivity contribution in [3.8, 4) is 11.3 Å². The highest BCUT2D eigenvalue weighted by Crippen LogP contribution is 2.40. The van der Waals surface area contributed by atoms with Gasteiger partial charge in [-0.15, -0.1) is 0 Å². The Kier molecular flexibility index (Phi) is 2.77. The van der Waals surface area contributed by atoms with Crippen molar-refractivity contribution >= 4 is 38.1 Å². The number of hydrogen-bond acceptors (Lipinski definition) is 0. The fraction of sp³-hybridized carbons (Fsp3) is 0.0800. The highest BCUT2D eigenvalue weighted by atomic mass is 14.9. The van der Waals surface area contributed by atoms with Crippen molar-refractivity contribution in [2.24, 2.45) is 7.05 Å². The zero-order valence-corrected chi connectivity index (χ0v) is 15.4. The average molecular weight is 347 g/mol. The Hall–Kier alpha value is -3.39. The molecule has 0 N–H and O–H groups in total. The minimum Gasteiger partial charge on any atom is -0.308 e. The maximum Gasteiger partial charge on any atom is 0.212 e. The summed E-state index contributed by atoms with van der Waals surface area (Å²) >= 11 is 0. The smallest absolute Gasteiger partial charge is 0.212 e. The predicted octanol–water partition coefficient (Wildman–Crippen LogP) is 5.64. The number of pyridine rings is 1. The molecule has 3 aromatic heterocycles. The van der Waals surface area contributed by atoms with E-state index in [1.807, 2.05) is 0 Å². The average Bonchev–Trinajstić information content (AvgIpc) is 3.19.